The van der Waals surface area contributed by atoms with Crippen molar-refractivity contribution in [3.8, 4) is 56.2 Å². The second kappa shape index (κ2) is 10.9. The molecule has 4 heteroatoms. The lowest BCUT2D eigenvalue weighted by molar-refractivity contribution is 0.669. The van der Waals surface area contributed by atoms with E-state index in [0.717, 1.165) is 50.6 Å². The minimum absolute atomic E-state index is 0.391. The summed E-state index contributed by atoms with van der Waals surface area (Å²) < 4.78 is 6.50. The second-order valence-corrected chi connectivity index (χ2v) is 13.5. The molecule has 51 heavy (non-hydrogen) atoms. The van der Waals surface area contributed by atoms with Crippen molar-refractivity contribution in [2.24, 2.45) is 5.92 Å². The van der Waals surface area contributed by atoms with Gasteiger partial charge in [0.2, 0.25) is 0 Å². The number of allylic oxidation sites excluding steroid dienone is 8. The fourth-order valence-electron chi connectivity index (χ4n) is 8.20. The van der Waals surface area contributed by atoms with Gasteiger partial charge >= 0.3 is 0 Å². The van der Waals surface area contributed by atoms with Crippen molar-refractivity contribution in [1.29, 1.82) is 0 Å². The quantitative estimate of drug-likeness (QED) is 0.190. The third kappa shape index (κ3) is 4.36. The van der Waals surface area contributed by atoms with E-state index < -0.39 is 0 Å². The molecular weight excluding hydrogens is 623 g/mol. The summed E-state index contributed by atoms with van der Waals surface area (Å²) in [7, 11) is 0. The van der Waals surface area contributed by atoms with Crippen LogP contribution in [0.5, 0.6) is 0 Å². The summed E-state index contributed by atoms with van der Waals surface area (Å²) in [4.78, 5) is 15.3. The first-order valence-electron chi connectivity index (χ1n) is 17.5. The van der Waals surface area contributed by atoms with Crippen LogP contribution in [0.4, 0.5) is 0 Å². The Hall–Kier alpha value is -6.65. The molecule has 11 rings (SSSR count). The molecule has 3 aliphatic carbocycles. The Morgan fingerprint density at radius 1 is 0.510 bits per heavy atom. The first-order chi connectivity index (χ1) is 25.3. The number of benzene rings is 6. The van der Waals surface area contributed by atoms with Gasteiger partial charge in [0.05, 0.1) is 0 Å². The molecule has 2 aromatic heterocycles. The van der Waals surface area contributed by atoms with Crippen LogP contribution in [0.2, 0.25) is 0 Å². The maximum atomic E-state index is 6.50. The van der Waals surface area contributed by atoms with Gasteiger partial charge in [0.15, 0.2) is 17.5 Å². The van der Waals surface area contributed by atoms with Crippen LogP contribution in [0.1, 0.15) is 12.2 Å². The van der Waals surface area contributed by atoms with Crippen LogP contribution in [0.15, 0.2) is 168 Å². The maximum Gasteiger partial charge on any atom is 0.164 e. The summed E-state index contributed by atoms with van der Waals surface area (Å²) in [5.41, 5.74) is 13.3. The van der Waals surface area contributed by atoms with Gasteiger partial charge in [0.1, 0.15) is 11.2 Å². The van der Waals surface area contributed by atoms with Gasteiger partial charge < -0.3 is 4.42 Å². The Kier molecular flexibility index (Phi) is 6.05. The van der Waals surface area contributed by atoms with Gasteiger partial charge in [-0.1, -0.05) is 134 Å². The minimum Gasteiger partial charge on any atom is -0.456 e. The molecule has 2 heterocycles. The van der Waals surface area contributed by atoms with Crippen molar-refractivity contribution in [2.45, 2.75) is 6.42 Å². The van der Waals surface area contributed by atoms with E-state index >= 15 is 0 Å². The molecule has 4 nitrogen and oxygen atoms in total. The third-order valence-corrected chi connectivity index (χ3v) is 10.6. The number of nitrogens with zero attached hydrogens (tertiary/aromatic N) is 3. The fraction of sp³-hybridized carbons (Fsp3) is 0.0426. The van der Waals surface area contributed by atoms with Crippen molar-refractivity contribution in [3.05, 3.63) is 169 Å². The van der Waals surface area contributed by atoms with Crippen molar-refractivity contribution in [2.75, 3.05) is 0 Å². The Bertz CT molecular complexity index is 2860. The summed E-state index contributed by atoms with van der Waals surface area (Å²) in [6, 6.07) is 42.8. The van der Waals surface area contributed by atoms with Gasteiger partial charge in [0, 0.05) is 33.4 Å². The molecule has 8 aromatic rings. The number of aromatic nitrogens is 3. The first kappa shape index (κ1) is 28.2. The Morgan fingerprint density at radius 3 is 2.16 bits per heavy atom. The van der Waals surface area contributed by atoms with Crippen molar-refractivity contribution >= 4 is 38.3 Å². The van der Waals surface area contributed by atoms with Crippen molar-refractivity contribution in [1.82, 2.24) is 15.0 Å². The lowest BCUT2D eigenvalue weighted by Gasteiger charge is -2.20. The van der Waals surface area contributed by atoms with E-state index in [9.17, 15) is 0 Å². The molecule has 0 aliphatic heterocycles. The standard InChI is InChI=1S/C47H29N3O/c1-2-11-29(12-3-1)45-48-46(32-21-20-28-10-4-5-13-30(28)26-32)50-47(49-45)39-18-9-19-42-44(39)40-27-31(22-25-41(40)51-42)33-23-24-38-35-15-7-6-14-34(35)37-17-8-16-36(33)43(37)38/h1-19,21-28H,20H2. The van der Waals surface area contributed by atoms with Crippen LogP contribution in [0.25, 0.3) is 94.4 Å². The van der Waals surface area contributed by atoms with Crippen molar-refractivity contribution < 1.29 is 4.42 Å². The highest BCUT2D eigenvalue weighted by molar-refractivity contribution is 6.19. The molecule has 0 spiro atoms. The van der Waals surface area contributed by atoms with E-state index in [1.807, 2.05) is 30.3 Å². The van der Waals surface area contributed by atoms with E-state index in [2.05, 4.69) is 127 Å². The van der Waals surface area contributed by atoms with Crippen LogP contribution >= 0.6 is 0 Å². The molecule has 1 unspecified atom stereocenters. The van der Waals surface area contributed by atoms with E-state index in [0.29, 0.717) is 23.4 Å². The van der Waals surface area contributed by atoms with Gasteiger partial charge in [-0.2, -0.15) is 0 Å². The zero-order chi connectivity index (χ0) is 33.5. The Balaban J connectivity index is 1.10. The zero-order valence-corrected chi connectivity index (χ0v) is 27.5. The minimum atomic E-state index is 0.391. The predicted molar refractivity (Wildman–Crippen MR) is 208 cm³/mol. The fourth-order valence-corrected chi connectivity index (χ4v) is 8.20. The van der Waals surface area contributed by atoms with Gasteiger partial charge in [-0.05, 0) is 80.4 Å². The highest BCUT2D eigenvalue weighted by atomic mass is 16.3. The van der Waals surface area contributed by atoms with Gasteiger partial charge in [-0.15, -0.1) is 0 Å². The van der Waals surface area contributed by atoms with Crippen molar-refractivity contribution in [3.63, 3.8) is 0 Å². The Morgan fingerprint density at radius 2 is 1.25 bits per heavy atom. The monoisotopic (exact) mass is 651 g/mol. The molecular formula is C47H29N3O. The molecule has 238 valence electrons. The molecule has 0 N–H and O–H groups in total. The topological polar surface area (TPSA) is 51.8 Å². The molecule has 0 fully saturated rings. The molecule has 6 aromatic carbocycles. The highest BCUT2D eigenvalue weighted by Gasteiger charge is 2.24. The number of fused-ring (bicyclic) bond motifs is 7. The van der Waals surface area contributed by atoms with E-state index in [1.54, 1.807) is 0 Å². The second-order valence-electron chi connectivity index (χ2n) is 13.5. The SMILES string of the molecule is C1=CC2=CC(c3nc(-c4ccccc4)nc(-c4cccc5oc6ccc(-c7ccc8c9c(cccc79)-c7ccccc7-8)cc6c45)n3)=CCC2C=C1. The predicted octanol–water partition coefficient (Wildman–Crippen LogP) is 12.0. The van der Waals surface area contributed by atoms with Gasteiger partial charge in [-0.25, -0.2) is 15.0 Å². The molecule has 0 saturated heterocycles. The summed E-state index contributed by atoms with van der Waals surface area (Å²) in [5.74, 6) is 2.34. The van der Waals surface area contributed by atoms with Crippen LogP contribution in [-0.4, -0.2) is 15.0 Å². The molecule has 0 radical (unpaired) electrons. The summed E-state index contributed by atoms with van der Waals surface area (Å²) in [6.45, 7) is 0. The van der Waals surface area contributed by atoms with Crippen LogP contribution in [0.3, 0.4) is 0 Å². The highest BCUT2D eigenvalue weighted by Crippen LogP contribution is 2.49. The molecule has 1 atom stereocenters. The van der Waals surface area contributed by atoms with Crippen LogP contribution < -0.4 is 0 Å². The van der Waals surface area contributed by atoms with Crippen LogP contribution in [-0.2, 0) is 0 Å². The smallest absolute Gasteiger partial charge is 0.164 e. The molecule has 0 amide bonds. The third-order valence-electron chi connectivity index (χ3n) is 10.6. The van der Waals surface area contributed by atoms with E-state index in [1.165, 1.54) is 44.2 Å². The Labute approximate surface area is 294 Å². The average molecular weight is 652 g/mol. The number of hydrogen-bond donors (Lipinski definition) is 0. The molecule has 0 saturated carbocycles. The number of hydrogen-bond acceptors (Lipinski definition) is 4. The van der Waals surface area contributed by atoms with E-state index in [-0.39, 0.29) is 0 Å². The molecule has 3 aliphatic rings. The van der Waals surface area contributed by atoms with Gasteiger partial charge in [0.25, 0.3) is 0 Å². The lowest BCUT2D eigenvalue weighted by Crippen LogP contribution is -2.08. The van der Waals surface area contributed by atoms with E-state index in [4.69, 9.17) is 19.4 Å². The summed E-state index contributed by atoms with van der Waals surface area (Å²) >= 11 is 0. The molecule has 0 bridgehead atoms. The summed E-state index contributed by atoms with van der Waals surface area (Å²) in [6.07, 6.45) is 14.1. The maximum absolute atomic E-state index is 6.50. The largest absolute Gasteiger partial charge is 0.456 e. The van der Waals surface area contributed by atoms with Crippen LogP contribution in [0, 0.1) is 5.92 Å². The normalized spacial score (nSPS) is 15.6. The number of rotatable bonds is 4. The average Bonchev–Trinajstić information content (AvgIpc) is 3.74. The summed E-state index contributed by atoms with van der Waals surface area (Å²) in [5, 5.41) is 4.61. The van der Waals surface area contributed by atoms with Gasteiger partial charge in [-0.3, -0.25) is 0 Å². The lowest BCUT2D eigenvalue weighted by atomic mass is 9.85. The zero-order valence-electron chi connectivity index (χ0n) is 27.5. The first-order valence-corrected chi connectivity index (χ1v) is 17.5. The number of furan rings is 1.